The second kappa shape index (κ2) is 4.28. The highest BCUT2D eigenvalue weighted by Crippen LogP contribution is 2.29. The van der Waals surface area contributed by atoms with Gasteiger partial charge in [0.05, 0.1) is 5.60 Å². The van der Waals surface area contributed by atoms with Gasteiger partial charge < -0.3 is 10.8 Å². The Morgan fingerprint density at radius 2 is 2.00 bits per heavy atom. The van der Waals surface area contributed by atoms with E-state index in [1.54, 1.807) is 0 Å². The minimum Gasteiger partial charge on any atom is -0.390 e. The molecule has 1 unspecified atom stereocenters. The van der Waals surface area contributed by atoms with Gasteiger partial charge in [0.15, 0.2) is 0 Å². The highest BCUT2D eigenvalue weighted by molar-refractivity contribution is 5.21. The Bertz CT molecular complexity index is 241. The van der Waals surface area contributed by atoms with Crippen LogP contribution in [0.5, 0.6) is 0 Å². The van der Waals surface area contributed by atoms with Gasteiger partial charge in [-0.05, 0) is 25.7 Å². The molecule has 0 fully saturated rings. The summed E-state index contributed by atoms with van der Waals surface area (Å²) in [6, 6.07) is 0. The molecule has 0 amide bonds. The normalized spacial score (nSPS) is 26.9. The fraction of sp³-hybridized carbons (Fsp3) is 0.667. The van der Waals surface area contributed by atoms with Gasteiger partial charge >= 0.3 is 0 Å². The summed E-state index contributed by atoms with van der Waals surface area (Å²) in [5, 5.41) is 10.2. The van der Waals surface area contributed by atoms with E-state index in [9.17, 15) is 5.11 Å². The third-order valence-corrected chi connectivity index (χ3v) is 3.15. The molecule has 1 atom stereocenters. The van der Waals surface area contributed by atoms with Crippen LogP contribution in [-0.2, 0) is 0 Å². The van der Waals surface area contributed by atoms with Crippen molar-refractivity contribution in [3.63, 3.8) is 0 Å². The number of rotatable bonds is 4. The average Bonchev–Trinajstić information content (AvgIpc) is 2.18. The molecular weight excluding hydrogens is 174 g/mol. The topological polar surface area (TPSA) is 46.2 Å². The lowest BCUT2D eigenvalue weighted by molar-refractivity contribution is 0.00883. The third-order valence-electron chi connectivity index (χ3n) is 3.15. The van der Waals surface area contributed by atoms with E-state index >= 15 is 0 Å². The molecule has 0 aromatic heterocycles. The van der Waals surface area contributed by atoms with Crippen molar-refractivity contribution in [3.8, 4) is 0 Å². The maximum absolute atomic E-state index is 10.2. The van der Waals surface area contributed by atoms with Crippen molar-refractivity contribution in [1.82, 2.24) is 0 Å². The molecule has 0 bridgehead atoms. The van der Waals surface area contributed by atoms with Gasteiger partial charge in [-0.2, -0.15) is 0 Å². The molecule has 2 nitrogen and oxygen atoms in total. The quantitative estimate of drug-likeness (QED) is 0.722. The van der Waals surface area contributed by atoms with E-state index in [1.807, 2.05) is 32.1 Å². The first kappa shape index (κ1) is 11.5. The molecule has 1 aliphatic rings. The molecular formula is C12H21NO. The first-order valence-electron chi connectivity index (χ1n) is 5.39. The van der Waals surface area contributed by atoms with Crippen LogP contribution in [0, 0.1) is 0 Å². The average molecular weight is 195 g/mol. The van der Waals surface area contributed by atoms with Gasteiger partial charge in [0.1, 0.15) is 0 Å². The van der Waals surface area contributed by atoms with Crippen molar-refractivity contribution in [1.29, 1.82) is 0 Å². The van der Waals surface area contributed by atoms with E-state index < -0.39 is 5.60 Å². The number of allylic oxidation sites excluding steroid dienone is 2. The lowest BCUT2D eigenvalue weighted by Crippen LogP contribution is -2.46. The summed E-state index contributed by atoms with van der Waals surface area (Å²) in [5.74, 6) is 0. The molecule has 0 heterocycles. The van der Waals surface area contributed by atoms with Gasteiger partial charge in [0, 0.05) is 5.54 Å². The van der Waals surface area contributed by atoms with Crippen molar-refractivity contribution < 1.29 is 5.11 Å². The number of nitrogens with two attached hydrogens (primary N) is 1. The van der Waals surface area contributed by atoms with Gasteiger partial charge in [0.2, 0.25) is 0 Å². The van der Waals surface area contributed by atoms with Crippen molar-refractivity contribution in [2.24, 2.45) is 5.73 Å². The molecule has 3 N–H and O–H groups in total. The van der Waals surface area contributed by atoms with E-state index in [2.05, 4.69) is 6.08 Å². The second-order valence-corrected chi connectivity index (χ2v) is 4.33. The second-order valence-electron chi connectivity index (χ2n) is 4.33. The monoisotopic (exact) mass is 195 g/mol. The summed E-state index contributed by atoms with van der Waals surface area (Å²) >= 11 is 0. The molecule has 0 aliphatic heterocycles. The fourth-order valence-corrected chi connectivity index (χ4v) is 1.92. The summed E-state index contributed by atoms with van der Waals surface area (Å²) in [6.45, 7) is 4.02. The molecule has 80 valence electrons. The summed E-state index contributed by atoms with van der Waals surface area (Å²) in [6.07, 6.45) is 11.0. The lowest BCUT2D eigenvalue weighted by atomic mass is 9.78. The Hall–Kier alpha value is -0.600. The number of aliphatic hydroxyl groups is 1. The lowest BCUT2D eigenvalue weighted by Gasteiger charge is -2.36. The fourth-order valence-electron chi connectivity index (χ4n) is 1.92. The van der Waals surface area contributed by atoms with Gasteiger partial charge in [-0.1, -0.05) is 38.2 Å². The van der Waals surface area contributed by atoms with E-state index in [0.717, 1.165) is 19.3 Å². The molecule has 0 radical (unpaired) electrons. The minimum atomic E-state index is -0.607. The Kier molecular flexibility index (Phi) is 3.51. The van der Waals surface area contributed by atoms with Gasteiger partial charge in [-0.25, -0.2) is 0 Å². The maximum Gasteiger partial charge on any atom is 0.0663 e. The van der Waals surface area contributed by atoms with Gasteiger partial charge in [-0.15, -0.1) is 0 Å². The summed E-state index contributed by atoms with van der Waals surface area (Å²) in [4.78, 5) is 0. The van der Waals surface area contributed by atoms with Crippen molar-refractivity contribution in [2.45, 2.75) is 50.7 Å². The van der Waals surface area contributed by atoms with Crippen LogP contribution in [0.3, 0.4) is 0 Å². The minimum absolute atomic E-state index is 0.352. The Morgan fingerprint density at radius 3 is 2.43 bits per heavy atom. The smallest absolute Gasteiger partial charge is 0.0663 e. The van der Waals surface area contributed by atoms with Crippen LogP contribution in [0.4, 0.5) is 0 Å². The molecule has 0 saturated carbocycles. The van der Waals surface area contributed by atoms with E-state index in [0.29, 0.717) is 6.42 Å². The highest BCUT2D eigenvalue weighted by atomic mass is 16.3. The Labute approximate surface area is 86.5 Å². The molecule has 14 heavy (non-hydrogen) atoms. The first-order chi connectivity index (χ1) is 6.54. The van der Waals surface area contributed by atoms with Crippen molar-refractivity contribution in [2.75, 3.05) is 0 Å². The summed E-state index contributed by atoms with van der Waals surface area (Å²) < 4.78 is 0. The van der Waals surface area contributed by atoms with Crippen molar-refractivity contribution in [3.05, 3.63) is 24.3 Å². The molecule has 2 heteroatoms. The largest absolute Gasteiger partial charge is 0.390 e. The predicted octanol–water partition coefficient (Wildman–Crippen LogP) is 2.14. The molecule has 0 spiro atoms. The summed E-state index contributed by atoms with van der Waals surface area (Å²) in [7, 11) is 0. The van der Waals surface area contributed by atoms with Crippen LogP contribution >= 0.6 is 0 Å². The van der Waals surface area contributed by atoms with E-state index in [-0.39, 0.29) is 5.54 Å². The zero-order valence-corrected chi connectivity index (χ0v) is 9.16. The zero-order chi connectivity index (χ0) is 10.7. The van der Waals surface area contributed by atoms with Crippen LogP contribution < -0.4 is 5.73 Å². The zero-order valence-electron chi connectivity index (χ0n) is 9.16. The Balaban J connectivity index is 2.66. The van der Waals surface area contributed by atoms with Crippen molar-refractivity contribution >= 4 is 0 Å². The Morgan fingerprint density at radius 1 is 1.36 bits per heavy atom. The van der Waals surface area contributed by atoms with Crippen LogP contribution in [0.2, 0.25) is 0 Å². The standard InChI is InChI=1S/C12H21NO/c1-3-12(14,4-2)10-11(13)8-6-5-7-9-11/h5-8,14H,3-4,9-10,13H2,1-2H3. The molecule has 1 aliphatic carbocycles. The molecule has 0 saturated heterocycles. The number of hydrogen-bond donors (Lipinski definition) is 2. The summed E-state index contributed by atoms with van der Waals surface area (Å²) in [5.41, 5.74) is 5.24. The molecule has 0 aromatic rings. The highest BCUT2D eigenvalue weighted by Gasteiger charge is 2.33. The van der Waals surface area contributed by atoms with Crippen LogP contribution in [0.15, 0.2) is 24.3 Å². The van der Waals surface area contributed by atoms with Crippen LogP contribution in [0.25, 0.3) is 0 Å². The molecule has 1 rings (SSSR count). The van der Waals surface area contributed by atoms with Crippen LogP contribution in [-0.4, -0.2) is 16.2 Å². The maximum atomic E-state index is 10.2. The van der Waals surface area contributed by atoms with Gasteiger partial charge in [0.25, 0.3) is 0 Å². The predicted molar refractivity (Wildman–Crippen MR) is 60.0 cm³/mol. The van der Waals surface area contributed by atoms with Crippen LogP contribution in [0.1, 0.15) is 39.5 Å². The third kappa shape index (κ3) is 2.69. The van der Waals surface area contributed by atoms with E-state index in [1.165, 1.54) is 0 Å². The number of hydrogen-bond acceptors (Lipinski definition) is 2. The first-order valence-corrected chi connectivity index (χ1v) is 5.39. The SMILES string of the molecule is CCC(O)(CC)CC1(N)C=CC=CC1. The molecule has 0 aromatic carbocycles. The van der Waals surface area contributed by atoms with Gasteiger partial charge in [-0.3, -0.25) is 0 Å². The van der Waals surface area contributed by atoms with E-state index in [4.69, 9.17) is 5.73 Å².